The first-order valence-corrected chi connectivity index (χ1v) is 5.13. The molecule has 0 aliphatic carbocycles. The largest absolute Gasteiger partial charge is 0.375 e. The molecule has 3 heteroatoms. The zero-order valence-corrected chi connectivity index (χ0v) is 9.06. The molecule has 2 rings (SSSR count). The number of para-hydroxylation sites is 1. The summed E-state index contributed by atoms with van der Waals surface area (Å²) in [5.41, 5.74) is 2.28. The van der Waals surface area contributed by atoms with Gasteiger partial charge in [-0.05, 0) is 25.0 Å². The number of nitrogens with zero attached hydrogens (tertiary/aromatic N) is 1. The Morgan fingerprint density at radius 2 is 2.27 bits per heavy atom. The Balaban J connectivity index is 2.29. The van der Waals surface area contributed by atoms with Gasteiger partial charge in [0.25, 0.3) is 5.91 Å². The van der Waals surface area contributed by atoms with E-state index >= 15 is 0 Å². The first-order valence-electron chi connectivity index (χ1n) is 5.13. The normalized spacial score (nSPS) is 19.1. The highest BCUT2D eigenvalue weighted by atomic mass is 16.5. The van der Waals surface area contributed by atoms with Crippen LogP contribution in [-0.2, 0) is 16.0 Å². The van der Waals surface area contributed by atoms with Gasteiger partial charge in [-0.2, -0.15) is 0 Å². The molecule has 1 aliphatic rings. The van der Waals surface area contributed by atoms with Crippen LogP contribution in [0.3, 0.4) is 0 Å². The van der Waals surface area contributed by atoms with E-state index < -0.39 is 0 Å². The lowest BCUT2D eigenvalue weighted by atomic mass is 10.1. The number of carbonyl (C=O) groups excluding carboxylic acids is 1. The molecule has 0 saturated carbocycles. The molecule has 0 spiro atoms. The van der Waals surface area contributed by atoms with E-state index in [1.807, 2.05) is 23.1 Å². The average molecular weight is 205 g/mol. The summed E-state index contributed by atoms with van der Waals surface area (Å²) in [5.74, 6) is 0.0370. The molecule has 1 heterocycles. The van der Waals surface area contributed by atoms with Crippen molar-refractivity contribution in [3.8, 4) is 0 Å². The van der Waals surface area contributed by atoms with Gasteiger partial charge >= 0.3 is 0 Å². The van der Waals surface area contributed by atoms with E-state index in [1.165, 1.54) is 5.56 Å². The van der Waals surface area contributed by atoms with E-state index in [9.17, 15) is 4.79 Å². The highest BCUT2D eigenvalue weighted by Gasteiger charge is 2.29. The number of amides is 1. The predicted octanol–water partition coefficient (Wildman–Crippen LogP) is 1.61. The molecule has 0 fully saturated rings. The second-order valence-electron chi connectivity index (χ2n) is 3.88. The third-order valence-electron chi connectivity index (χ3n) is 2.74. The van der Waals surface area contributed by atoms with Gasteiger partial charge in [-0.1, -0.05) is 18.2 Å². The molecular formula is C12H15NO2. The number of hydrogen-bond acceptors (Lipinski definition) is 2. The smallest absolute Gasteiger partial charge is 0.253 e. The van der Waals surface area contributed by atoms with E-state index in [0.29, 0.717) is 0 Å². The maximum atomic E-state index is 11.8. The quantitative estimate of drug-likeness (QED) is 0.734. The number of benzene rings is 1. The van der Waals surface area contributed by atoms with Gasteiger partial charge in [0.05, 0.1) is 0 Å². The van der Waals surface area contributed by atoms with Crippen molar-refractivity contribution in [1.82, 2.24) is 0 Å². The summed E-state index contributed by atoms with van der Waals surface area (Å²) in [6.07, 6.45) is 0.936. The molecule has 1 aromatic rings. The fourth-order valence-electron chi connectivity index (χ4n) is 2.14. The fraction of sp³-hybridized carbons (Fsp3) is 0.417. The minimum atomic E-state index is 0.0370. The van der Waals surface area contributed by atoms with Gasteiger partial charge in [0.15, 0.2) is 0 Å². The lowest BCUT2D eigenvalue weighted by molar-refractivity contribution is -0.122. The topological polar surface area (TPSA) is 29.5 Å². The number of fused-ring (bicyclic) bond motifs is 1. The number of anilines is 1. The Bertz CT molecular complexity index is 376. The number of hydrogen-bond donors (Lipinski definition) is 0. The minimum absolute atomic E-state index is 0.0370. The molecule has 1 amide bonds. The molecule has 3 nitrogen and oxygen atoms in total. The third-order valence-corrected chi connectivity index (χ3v) is 2.74. The summed E-state index contributed by atoms with van der Waals surface area (Å²) in [6, 6.07) is 8.28. The van der Waals surface area contributed by atoms with E-state index in [4.69, 9.17) is 4.74 Å². The van der Waals surface area contributed by atoms with Crippen LogP contribution in [0.1, 0.15) is 12.5 Å². The SMILES string of the molecule is COCC(=O)N1c2ccccc2C[C@@H]1C. The Morgan fingerprint density at radius 1 is 1.53 bits per heavy atom. The molecule has 0 saturated heterocycles. The van der Waals surface area contributed by atoms with Crippen molar-refractivity contribution in [3.05, 3.63) is 29.8 Å². The van der Waals surface area contributed by atoms with Crippen LogP contribution in [0, 0.1) is 0 Å². The van der Waals surface area contributed by atoms with Crippen molar-refractivity contribution in [3.63, 3.8) is 0 Å². The predicted molar refractivity (Wildman–Crippen MR) is 59.0 cm³/mol. The van der Waals surface area contributed by atoms with Crippen LogP contribution >= 0.6 is 0 Å². The second-order valence-corrected chi connectivity index (χ2v) is 3.88. The molecule has 0 bridgehead atoms. The van der Waals surface area contributed by atoms with Crippen molar-refractivity contribution in [2.24, 2.45) is 0 Å². The lowest BCUT2D eigenvalue weighted by Crippen LogP contribution is -2.38. The molecule has 1 atom stereocenters. The summed E-state index contributed by atoms with van der Waals surface area (Å²) < 4.78 is 4.89. The minimum Gasteiger partial charge on any atom is -0.375 e. The van der Waals surface area contributed by atoms with Crippen LogP contribution in [0.15, 0.2) is 24.3 Å². The molecule has 15 heavy (non-hydrogen) atoms. The Hall–Kier alpha value is -1.35. The van der Waals surface area contributed by atoms with Crippen LogP contribution in [-0.4, -0.2) is 25.7 Å². The highest BCUT2D eigenvalue weighted by molar-refractivity contribution is 5.96. The number of methoxy groups -OCH3 is 1. The lowest BCUT2D eigenvalue weighted by Gasteiger charge is -2.22. The van der Waals surface area contributed by atoms with Crippen LogP contribution in [0.5, 0.6) is 0 Å². The van der Waals surface area contributed by atoms with Crippen LogP contribution in [0.2, 0.25) is 0 Å². The van der Waals surface area contributed by atoms with E-state index in [2.05, 4.69) is 13.0 Å². The Morgan fingerprint density at radius 3 is 3.00 bits per heavy atom. The first-order chi connectivity index (χ1) is 7.24. The van der Waals surface area contributed by atoms with Gasteiger partial charge in [-0.25, -0.2) is 0 Å². The van der Waals surface area contributed by atoms with Gasteiger partial charge in [-0.15, -0.1) is 0 Å². The molecule has 1 aliphatic heterocycles. The van der Waals surface area contributed by atoms with E-state index in [0.717, 1.165) is 12.1 Å². The Kier molecular flexibility index (Phi) is 2.73. The van der Waals surface area contributed by atoms with Crippen LogP contribution in [0.4, 0.5) is 5.69 Å². The molecule has 0 radical (unpaired) electrons. The summed E-state index contributed by atoms with van der Waals surface area (Å²) in [4.78, 5) is 13.7. The van der Waals surface area contributed by atoms with Crippen molar-refractivity contribution >= 4 is 11.6 Å². The summed E-state index contributed by atoms with van der Waals surface area (Å²) >= 11 is 0. The average Bonchev–Trinajstić information content (AvgIpc) is 2.54. The number of carbonyl (C=O) groups is 1. The maximum Gasteiger partial charge on any atom is 0.253 e. The summed E-state index contributed by atoms with van der Waals surface area (Å²) in [7, 11) is 1.55. The molecule has 0 unspecified atom stereocenters. The second kappa shape index (κ2) is 4.03. The number of ether oxygens (including phenoxy) is 1. The molecular weight excluding hydrogens is 190 g/mol. The van der Waals surface area contributed by atoms with Crippen molar-refractivity contribution < 1.29 is 9.53 Å². The summed E-state index contributed by atoms with van der Waals surface area (Å²) in [6.45, 7) is 2.21. The molecule has 1 aromatic carbocycles. The zero-order chi connectivity index (χ0) is 10.8. The maximum absolute atomic E-state index is 11.8. The van der Waals surface area contributed by atoms with Crippen LogP contribution < -0.4 is 4.90 Å². The fourth-order valence-corrected chi connectivity index (χ4v) is 2.14. The van der Waals surface area contributed by atoms with E-state index in [-0.39, 0.29) is 18.6 Å². The number of rotatable bonds is 2. The highest BCUT2D eigenvalue weighted by Crippen LogP contribution is 2.31. The van der Waals surface area contributed by atoms with Gasteiger partial charge in [0, 0.05) is 18.8 Å². The first kappa shape index (κ1) is 10.2. The monoisotopic (exact) mass is 205 g/mol. The van der Waals surface area contributed by atoms with Gasteiger partial charge in [0.2, 0.25) is 0 Å². The Labute approximate surface area is 89.7 Å². The van der Waals surface area contributed by atoms with Crippen molar-refractivity contribution in [1.29, 1.82) is 0 Å². The van der Waals surface area contributed by atoms with Crippen molar-refractivity contribution in [2.45, 2.75) is 19.4 Å². The van der Waals surface area contributed by atoms with Gasteiger partial charge in [-0.3, -0.25) is 4.79 Å². The van der Waals surface area contributed by atoms with Gasteiger partial charge in [0.1, 0.15) is 6.61 Å². The molecule has 80 valence electrons. The van der Waals surface area contributed by atoms with Crippen molar-refractivity contribution in [2.75, 3.05) is 18.6 Å². The van der Waals surface area contributed by atoms with E-state index in [1.54, 1.807) is 7.11 Å². The van der Waals surface area contributed by atoms with Gasteiger partial charge < -0.3 is 9.64 Å². The zero-order valence-electron chi connectivity index (χ0n) is 9.06. The third kappa shape index (κ3) is 1.75. The summed E-state index contributed by atoms with van der Waals surface area (Å²) in [5, 5.41) is 0. The van der Waals surface area contributed by atoms with Crippen LogP contribution in [0.25, 0.3) is 0 Å². The standard InChI is InChI=1S/C12H15NO2/c1-9-7-10-5-3-4-6-11(10)13(9)12(14)8-15-2/h3-6,9H,7-8H2,1-2H3/t9-/m0/s1. The molecule has 0 aromatic heterocycles. The molecule has 0 N–H and O–H groups in total.